The largest absolute Gasteiger partial charge is 0.267 e. The number of halogens is 2. The molecule has 9 heteroatoms. The van der Waals surface area contributed by atoms with E-state index in [4.69, 9.17) is 0 Å². The first-order valence-corrected chi connectivity index (χ1v) is 8.75. The lowest BCUT2D eigenvalue weighted by molar-refractivity contribution is 0.555. The summed E-state index contributed by atoms with van der Waals surface area (Å²) in [6.07, 6.45) is 1.35. The number of benzene rings is 2. The molecular weight excluding hydrogens is 350 g/mol. The van der Waals surface area contributed by atoms with Crippen LogP contribution in [0.1, 0.15) is 11.1 Å². The molecule has 130 valence electrons. The average Bonchev–Trinajstić information content (AvgIpc) is 2.98. The van der Waals surface area contributed by atoms with Crippen LogP contribution in [0.25, 0.3) is 0 Å². The second-order valence-corrected chi connectivity index (χ2v) is 7.08. The van der Waals surface area contributed by atoms with Gasteiger partial charge in [-0.25, -0.2) is 26.6 Å². The highest BCUT2D eigenvalue weighted by Gasteiger charge is 2.21. The van der Waals surface area contributed by atoms with Crippen molar-refractivity contribution in [1.82, 2.24) is 14.8 Å². The Labute approximate surface area is 143 Å². The van der Waals surface area contributed by atoms with Crippen molar-refractivity contribution in [2.24, 2.45) is 0 Å². The van der Waals surface area contributed by atoms with Gasteiger partial charge in [-0.2, -0.15) is 4.98 Å². The van der Waals surface area contributed by atoms with Gasteiger partial charge < -0.3 is 0 Å². The summed E-state index contributed by atoms with van der Waals surface area (Å²) in [6, 6.07) is 9.91. The smallest absolute Gasteiger partial charge is 0.246 e. The molecule has 0 aliphatic rings. The first kappa shape index (κ1) is 17.0. The van der Waals surface area contributed by atoms with E-state index in [0.717, 1.165) is 23.3 Å². The molecule has 1 aromatic heterocycles. The Bertz CT molecular complexity index is 1000. The molecule has 0 amide bonds. The first-order valence-electron chi connectivity index (χ1n) is 7.26. The van der Waals surface area contributed by atoms with E-state index in [1.807, 2.05) is 35.9 Å². The van der Waals surface area contributed by atoms with Crippen LogP contribution in [0.2, 0.25) is 0 Å². The molecule has 1 heterocycles. The molecule has 0 saturated heterocycles. The summed E-state index contributed by atoms with van der Waals surface area (Å²) in [7, 11) is -4.33. The predicted molar refractivity (Wildman–Crippen MR) is 87.5 cm³/mol. The van der Waals surface area contributed by atoms with Gasteiger partial charge in [0.25, 0.3) is 16.0 Å². The van der Waals surface area contributed by atoms with Crippen molar-refractivity contribution in [2.75, 3.05) is 4.72 Å². The number of aryl methyl sites for hydroxylation is 1. The first-order chi connectivity index (χ1) is 11.8. The summed E-state index contributed by atoms with van der Waals surface area (Å²) in [5.74, 6) is -2.15. The third kappa shape index (κ3) is 4.00. The Morgan fingerprint density at radius 3 is 2.56 bits per heavy atom. The van der Waals surface area contributed by atoms with Crippen molar-refractivity contribution in [1.29, 1.82) is 0 Å². The van der Waals surface area contributed by atoms with Crippen molar-refractivity contribution in [3.63, 3.8) is 0 Å². The maximum absolute atomic E-state index is 13.7. The van der Waals surface area contributed by atoms with E-state index < -0.39 is 26.6 Å². The highest BCUT2D eigenvalue weighted by atomic mass is 32.2. The van der Waals surface area contributed by atoms with Gasteiger partial charge in [-0.15, -0.1) is 5.10 Å². The van der Waals surface area contributed by atoms with Gasteiger partial charge in [-0.1, -0.05) is 29.8 Å². The van der Waals surface area contributed by atoms with Crippen molar-refractivity contribution in [3.05, 3.63) is 71.6 Å². The average molecular weight is 364 g/mol. The molecule has 6 nitrogen and oxygen atoms in total. The highest BCUT2D eigenvalue weighted by molar-refractivity contribution is 7.92. The monoisotopic (exact) mass is 364 g/mol. The number of anilines is 1. The zero-order valence-corrected chi connectivity index (χ0v) is 14.0. The number of hydrogen-bond donors (Lipinski definition) is 1. The minimum absolute atomic E-state index is 0.226. The minimum atomic E-state index is -4.33. The molecular formula is C16H14F2N4O2S. The number of sulfonamides is 1. The lowest BCUT2D eigenvalue weighted by atomic mass is 10.1. The normalized spacial score (nSPS) is 11.5. The summed E-state index contributed by atoms with van der Waals surface area (Å²) in [5.41, 5.74) is 2.08. The molecule has 0 aliphatic heterocycles. The van der Waals surface area contributed by atoms with Gasteiger partial charge >= 0.3 is 0 Å². The van der Waals surface area contributed by atoms with Crippen LogP contribution in [0.15, 0.2) is 53.7 Å². The lowest BCUT2D eigenvalue weighted by Crippen LogP contribution is -2.16. The van der Waals surface area contributed by atoms with Gasteiger partial charge in [0, 0.05) is 0 Å². The molecule has 0 bridgehead atoms. The summed E-state index contributed by atoms with van der Waals surface area (Å²) in [5, 5.41) is 3.99. The molecule has 0 atom stereocenters. The Morgan fingerprint density at radius 1 is 1.12 bits per heavy atom. The Balaban J connectivity index is 1.78. The molecule has 3 aromatic rings. The number of aromatic nitrogens is 3. The molecule has 0 spiro atoms. The number of nitrogens with zero attached hydrogens (tertiary/aromatic N) is 3. The zero-order valence-electron chi connectivity index (χ0n) is 13.1. The quantitative estimate of drug-likeness (QED) is 0.755. The van der Waals surface area contributed by atoms with Gasteiger partial charge in [-0.3, -0.25) is 0 Å². The third-order valence-electron chi connectivity index (χ3n) is 3.41. The van der Waals surface area contributed by atoms with Gasteiger partial charge in [0.2, 0.25) is 0 Å². The number of hydrogen-bond acceptors (Lipinski definition) is 4. The van der Waals surface area contributed by atoms with E-state index in [1.165, 1.54) is 11.0 Å². The van der Waals surface area contributed by atoms with Crippen LogP contribution in [0, 0.1) is 18.6 Å². The molecule has 0 saturated carbocycles. The topological polar surface area (TPSA) is 76.9 Å². The van der Waals surface area contributed by atoms with Crippen LogP contribution in [-0.4, -0.2) is 23.2 Å². The Hall–Kier alpha value is -2.81. The van der Waals surface area contributed by atoms with Crippen molar-refractivity contribution in [3.8, 4) is 0 Å². The third-order valence-corrected chi connectivity index (χ3v) is 4.75. The summed E-state index contributed by atoms with van der Waals surface area (Å²) >= 11 is 0. The van der Waals surface area contributed by atoms with E-state index >= 15 is 0 Å². The molecule has 0 fully saturated rings. The fourth-order valence-corrected chi connectivity index (χ4v) is 3.19. The van der Waals surface area contributed by atoms with E-state index in [-0.39, 0.29) is 5.95 Å². The standard InChI is InChI=1S/C16H14F2N4O2S/c1-11-2-4-12(5-3-11)9-22-10-19-16(20-22)21-25(23,24)15-8-13(17)6-7-14(15)18/h2-8,10H,9H2,1H3,(H,20,21). The second-order valence-electron chi connectivity index (χ2n) is 5.43. The zero-order chi connectivity index (χ0) is 18.0. The van der Waals surface area contributed by atoms with Gasteiger partial charge in [0.05, 0.1) is 6.54 Å². The van der Waals surface area contributed by atoms with Crippen LogP contribution in [-0.2, 0) is 16.6 Å². The second kappa shape index (κ2) is 6.60. The number of nitrogens with one attached hydrogen (secondary N) is 1. The van der Waals surface area contributed by atoms with E-state index in [9.17, 15) is 17.2 Å². The summed E-state index contributed by atoms with van der Waals surface area (Å²) in [4.78, 5) is 3.03. The van der Waals surface area contributed by atoms with Crippen molar-refractivity contribution >= 4 is 16.0 Å². The fourth-order valence-electron chi connectivity index (χ4n) is 2.16. The lowest BCUT2D eigenvalue weighted by Gasteiger charge is -2.06. The minimum Gasteiger partial charge on any atom is -0.246 e. The number of rotatable bonds is 5. The van der Waals surface area contributed by atoms with Crippen LogP contribution in [0.3, 0.4) is 0 Å². The van der Waals surface area contributed by atoms with Crippen molar-refractivity contribution in [2.45, 2.75) is 18.4 Å². The summed E-state index contributed by atoms with van der Waals surface area (Å²) < 4.78 is 54.7. The molecule has 1 N–H and O–H groups in total. The van der Waals surface area contributed by atoms with Crippen LogP contribution in [0.5, 0.6) is 0 Å². The van der Waals surface area contributed by atoms with E-state index in [1.54, 1.807) is 0 Å². The SMILES string of the molecule is Cc1ccc(Cn2cnc(NS(=O)(=O)c3cc(F)ccc3F)n2)cc1. The Morgan fingerprint density at radius 2 is 1.84 bits per heavy atom. The van der Waals surface area contributed by atoms with Gasteiger partial charge in [0.15, 0.2) is 0 Å². The highest BCUT2D eigenvalue weighted by Crippen LogP contribution is 2.18. The Kier molecular flexibility index (Phi) is 4.49. The van der Waals surface area contributed by atoms with Gasteiger partial charge in [-0.05, 0) is 30.7 Å². The molecule has 2 aromatic carbocycles. The van der Waals surface area contributed by atoms with Crippen LogP contribution >= 0.6 is 0 Å². The summed E-state index contributed by atoms with van der Waals surface area (Å²) in [6.45, 7) is 2.36. The maximum Gasteiger partial charge on any atom is 0.267 e. The molecule has 0 radical (unpaired) electrons. The molecule has 0 aliphatic carbocycles. The fraction of sp³-hybridized carbons (Fsp3) is 0.125. The van der Waals surface area contributed by atoms with Crippen LogP contribution in [0.4, 0.5) is 14.7 Å². The van der Waals surface area contributed by atoms with Gasteiger partial charge in [0.1, 0.15) is 22.9 Å². The van der Waals surface area contributed by atoms with E-state index in [2.05, 4.69) is 10.1 Å². The molecule has 25 heavy (non-hydrogen) atoms. The van der Waals surface area contributed by atoms with Crippen molar-refractivity contribution < 1.29 is 17.2 Å². The molecule has 3 rings (SSSR count). The van der Waals surface area contributed by atoms with Crippen LogP contribution < -0.4 is 4.72 Å². The molecule has 0 unspecified atom stereocenters. The predicted octanol–water partition coefficient (Wildman–Crippen LogP) is 2.71. The van der Waals surface area contributed by atoms with E-state index in [0.29, 0.717) is 12.6 Å². The maximum atomic E-state index is 13.7.